The lowest BCUT2D eigenvalue weighted by Gasteiger charge is -2.06. The van der Waals surface area contributed by atoms with Crippen LogP contribution in [0.5, 0.6) is 0 Å². The van der Waals surface area contributed by atoms with Crippen molar-refractivity contribution in [1.29, 1.82) is 0 Å². The molecule has 0 amide bonds. The molecule has 4 rings (SSSR count). The topological polar surface area (TPSA) is 34.9 Å². The highest BCUT2D eigenvalue weighted by atomic mass is 32.1. The predicted octanol–water partition coefficient (Wildman–Crippen LogP) is 4.79. The molecule has 25 heavy (non-hydrogen) atoms. The Morgan fingerprint density at radius 1 is 1.04 bits per heavy atom. The second-order valence-corrected chi connectivity index (χ2v) is 7.27. The lowest BCUT2D eigenvalue weighted by Crippen LogP contribution is -2.21. The zero-order chi connectivity index (χ0) is 17.4. The van der Waals surface area contributed by atoms with Gasteiger partial charge in [-0.15, -0.1) is 11.3 Å². The van der Waals surface area contributed by atoms with Gasteiger partial charge in [-0.25, -0.2) is 4.98 Å². The first-order chi connectivity index (χ1) is 12.1. The SMILES string of the molecule is Cc1cccc(Cn2cnc3sc(-c4ccccc4)c(C)c3c2=O)c1. The number of rotatable bonds is 3. The van der Waals surface area contributed by atoms with Crippen LogP contribution in [0.25, 0.3) is 20.7 Å². The summed E-state index contributed by atoms with van der Waals surface area (Å²) < 4.78 is 1.70. The first-order valence-corrected chi connectivity index (χ1v) is 9.04. The molecule has 2 aromatic heterocycles. The number of aromatic nitrogens is 2. The number of fused-ring (bicyclic) bond motifs is 1. The van der Waals surface area contributed by atoms with Crippen molar-refractivity contribution in [3.05, 3.63) is 88.0 Å². The fourth-order valence-electron chi connectivity index (χ4n) is 3.14. The van der Waals surface area contributed by atoms with Crippen LogP contribution in [-0.4, -0.2) is 9.55 Å². The van der Waals surface area contributed by atoms with Gasteiger partial charge in [-0.05, 0) is 30.5 Å². The molecule has 0 aliphatic rings. The first kappa shape index (κ1) is 15.8. The van der Waals surface area contributed by atoms with Crippen molar-refractivity contribution < 1.29 is 0 Å². The Bertz CT molecular complexity index is 1110. The van der Waals surface area contributed by atoms with Gasteiger partial charge in [0.05, 0.1) is 18.3 Å². The van der Waals surface area contributed by atoms with Crippen LogP contribution < -0.4 is 5.56 Å². The molecule has 0 radical (unpaired) electrons. The Hall–Kier alpha value is -2.72. The summed E-state index contributed by atoms with van der Waals surface area (Å²) >= 11 is 1.58. The molecule has 2 aromatic carbocycles. The molecule has 0 aliphatic carbocycles. The van der Waals surface area contributed by atoms with E-state index in [0.717, 1.165) is 31.8 Å². The number of hydrogen-bond donors (Lipinski definition) is 0. The quantitative estimate of drug-likeness (QED) is 0.534. The maximum Gasteiger partial charge on any atom is 0.262 e. The van der Waals surface area contributed by atoms with Gasteiger partial charge < -0.3 is 0 Å². The van der Waals surface area contributed by atoms with Gasteiger partial charge in [0.1, 0.15) is 4.83 Å². The summed E-state index contributed by atoms with van der Waals surface area (Å²) in [5.41, 5.74) is 4.48. The molecule has 0 fully saturated rings. The second-order valence-electron chi connectivity index (χ2n) is 6.27. The van der Waals surface area contributed by atoms with Crippen molar-refractivity contribution in [2.45, 2.75) is 20.4 Å². The third-order valence-corrected chi connectivity index (χ3v) is 5.64. The van der Waals surface area contributed by atoms with E-state index in [1.165, 1.54) is 5.56 Å². The van der Waals surface area contributed by atoms with Crippen molar-refractivity contribution >= 4 is 21.6 Å². The normalized spacial score (nSPS) is 11.1. The van der Waals surface area contributed by atoms with Crippen molar-refractivity contribution in [3.63, 3.8) is 0 Å². The van der Waals surface area contributed by atoms with Crippen LogP contribution in [0.15, 0.2) is 65.7 Å². The molecule has 0 saturated heterocycles. The minimum atomic E-state index is 0.0300. The second kappa shape index (κ2) is 6.30. The smallest absolute Gasteiger partial charge is 0.262 e. The minimum Gasteiger partial charge on any atom is -0.294 e. The van der Waals surface area contributed by atoms with Crippen LogP contribution in [0.3, 0.4) is 0 Å². The third-order valence-electron chi connectivity index (χ3n) is 4.39. The van der Waals surface area contributed by atoms with Crippen LogP contribution in [0.2, 0.25) is 0 Å². The lowest BCUT2D eigenvalue weighted by atomic mass is 10.1. The summed E-state index contributed by atoms with van der Waals surface area (Å²) in [6, 6.07) is 18.4. The molecular weight excluding hydrogens is 328 g/mol. The fourth-order valence-corrected chi connectivity index (χ4v) is 4.29. The van der Waals surface area contributed by atoms with Crippen LogP contribution >= 0.6 is 11.3 Å². The standard InChI is InChI=1S/C21H18N2OS/c1-14-7-6-8-16(11-14)12-23-13-22-20-18(21(23)24)15(2)19(25-20)17-9-4-3-5-10-17/h3-11,13H,12H2,1-2H3. The highest BCUT2D eigenvalue weighted by Crippen LogP contribution is 2.35. The number of nitrogens with zero attached hydrogens (tertiary/aromatic N) is 2. The highest BCUT2D eigenvalue weighted by molar-refractivity contribution is 7.22. The van der Waals surface area contributed by atoms with E-state index in [1.807, 2.05) is 37.3 Å². The van der Waals surface area contributed by atoms with Gasteiger partial charge in [-0.2, -0.15) is 0 Å². The summed E-state index contributed by atoms with van der Waals surface area (Å²) in [6.45, 7) is 4.61. The molecule has 2 heterocycles. The van der Waals surface area contributed by atoms with Gasteiger partial charge in [0.2, 0.25) is 0 Å². The van der Waals surface area contributed by atoms with E-state index >= 15 is 0 Å². The molecule has 4 aromatic rings. The van der Waals surface area contributed by atoms with E-state index in [4.69, 9.17) is 0 Å². The molecule has 4 heteroatoms. The number of aryl methyl sites for hydroxylation is 2. The summed E-state index contributed by atoms with van der Waals surface area (Å²) in [5.74, 6) is 0. The minimum absolute atomic E-state index is 0.0300. The monoisotopic (exact) mass is 346 g/mol. The lowest BCUT2D eigenvalue weighted by molar-refractivity contribution is 0.748. The maximum atomic E-state index is 13.0. The van der Waals surface area contributed by atoms with E-state index in [-0.39, 0.29) is 5.56 Å². The van der Waals surface area contributed by atoms with E-state index < -0.39 is 0 Å². The van der Waals surface area contributed by atoms with Gasteiger partial charge in [0, 0.05) is 4.88 Å². The van der Waals surface area contributed by atoms with E-state index in [1.54, 1.807) is 22.2 Å². The Kier molecular flexibility index (Phi) is 3.98. The van der Waals surface area contributed by atoms with E-state index in [2.05, 4.69) is 36.2 Å². The van der Waals surface area contributed by atoms with Crippen LogP contribution in [-0.2, 0) is 6.54 Å². The summed E-state index contributed by atoms with van der Waals surface area (Å²) in [5, 5.41) is 0.735. The highest BCUT2D eigenvalue weighted by Gasteiger charge is 2.15. The Morgan fingerprint density at radius 2 is 1.84 bits per heavy atom. The fraction of sp³-hybridized carbons (Fsp3) is 0.143. The predicted molar refractivity (Wildman–Crippen MR) is 104 cm³/mol. The largest absolute Gasteiger partial charge is 0.294 e. The number of benzene rings is 2. The molecule has 0 bridgehead atoms. The van der Waals surface area contributed by atoms with Crippen molar-refractivity contribution in [3.8, 4) is 10.4 Å². The van der Waals surface area contributed by atoms with Gasteiger partial charge >= 0.3 is 0 Å². The van der Waals surface area contributed by atoms with Crippen molar-refractivity contribution in [2.75, 3.05) is 0 Å². The average molecular weight is 346 g/mol. The van der Waals surface area contributed by atoms with E-state index in [0.29, 0.717) is 6.54 Å². The zero-order valence-corrected chi connectivity index (χ0v) is 15.0. The molecule has 0 N–H and O–H groups in total. The number of thiophene rings is 1. The van der Waals surface area contributed by atoms with Gasteiger partial charge in [0.15, 0.2) is 0 Å². The molecule has 0 unspecified atom stereocenters. The van der Waals surface area contributed by atoms with Crippen LogP contribution in [0.1, 0.15) is 16.7 Å². The third kappa shape index (κ3) is 2.89. The molecular formula is C21H18N2OS. The van der Waals surface area contributed by atoms with Crippen molar-refractivity contribution in [1.82, 2.24) is 9.55 Å². The van der Waals surface area contributed by atoms with Crippen LogP contribution in [0, 0.1) is 13.8 Å². The Morgan fingerprint density at radius 3 is 2.60 bits per heavy atom. The molecule has 0 saturated carbocycles. The maximum absolute atomic E-state index is 13.0. The van der Waals surface area contributed by atoms with Gasteiger partial charge in [-0.3, -0.25) is 9.36 Å². The molecule has 3 nitrogen and oxygen atoms in total. The number of hydrogen-bond acceptors (Lipinski definition) is 3. The van der Waals surface area contributed by atoms with Gasteiger partial charge in [0.25, 0.3) is 5.56 Å². The average Bonchev–Trinajstić information content (AvgIpc) is 2.96. The molecule has 124 valence electrons. The Labute approximate surface area is 150 Å². The molecule has 0 spiro atoms. The summed E-state index contributed by atoms with van der Waals surface area (Å²) in [4.78, 5) is 19.5. The van der Waals surface area contributed by atoms with E-state index in [9.17, 15) is 4.79 Å². The summed E-state index contributed by atoms with van der Waals surface area (Å²) in [7, 11) is 0. The van der Waals surface area contributed by atoms with Crippen LogP contribution in [0.4, 0.5) is 0 Å². The zero-order valence-electron chi connectivity index (χ0n) is 14.2. The summed E-state index contributed by atoms with van der Waals surface area (Å²) in [6.07, 6.45) is 1.66. The Balaban J connectivity index is 1.83. The molecule has 0 aliphatic heterocycles. The van der Waals surface area contributed by atoms with Gasteiger partial charge in [-0.1, -0.05) is 60.2 Å². The molecule has 0 atom stereocenters. The van der Waals surface area contributed by atoms with Crippen molar-refractivity contribution in [2.24, 2.45) is 0 Å². The first-order valence-electron chi connectivity index (χ1n) is 8.23.